The summed E-state index contributed by atoms with van der Waals surface area (Å²) in [6.45, 7) is 0. The van der Waals surface area contributed by atoms with Gasteiger partial charge < -0.3 is 0 Å². The van der Waals surface area contributed by atoms with Crippen molar-refractivity contribution < 1.29 is 0 Å². The molecule has 0 aromatic heterocycles. The van der Waals surface area contributed by atoms with Gasteiger partial charge in [-0.05, 0) is 35.4 Å². The van der Waals surface area contributed by atoms with E-state index in [0.717, 1.165) is 20.6 Å². The zero-order chi connectivity index (χ0) is 12.3. The molecule has 0 amide bonds. The molecule has 0 saturated carbocycles. The molecule has 0 saturated heterocycles. The van der Waals surface area contributed by atoms with E-state index >= 15 is 0 Å². The molecule has 0 aliphatic rings. The van der Waals surface area contributed by atoms with Crippen LogP contribution in [0.2, 0.25) is 5.02 Å². The Balaban J connectivity index is 2.36. The lowest BCUT2D eigenvalue weighted by atomic mass is 9.99. The summed E-state index contributed by atoms with van der Waals surface area (Å²) in [4.78, 5) is 0. The van der Waals surface area contributed by atoms with Gasteiger partial charge in [0.05, 0.1) is 6.04 Å². The van der Waals surface area contributed by atoms with Crippen LogP contribution in [0.5, 0.6) is 0 Å². The first-order valence-corrected chi connectivity index (χ1v) is 6.35. The highest BCUT2D eigenvalue weighted by Crippen LogP contribution is 2.24. The lowest BCUT2D eigenvalue weighted by molar-refractivity contribution is 0.636. The molecule has 0 fully saturated rings. The van der Waals surface area contributed by atoms with Crippen LogP contribution >= 0.6 is 27.5 Å². The number of hydrogen-bond donors (Lipinski definition) is 2. The molecule has 0 aliphatic heterocycles. The van der Waals surface area contributed by atoms with Crippen molar-refractivity contribution >= 4 is 27.5 Å². The maximum Gasteiger partial charge on any atom is 0.0710 e. The van der Waals surface area contributed by atoms with Crippen molar-refractivity contribution in [1.82, 2.24) is 5.43 Å². The van der Waals surface area contributed by atoms with Crippen molar-refractivity contribution in [2.24, 2.45) is 5.84 Å². The second-order valence-corrected chi connectivity index (χ2v) is 5.06. The van der Waals surface area contributed by atoms with Crippen LogP contribution in [-0.4, -0.2) is 0 Å². The van der Waals surface area contributed by atoms with E-state index in [-0.39, 0.29) is 6.04 Å². The third-order valence-electron chi connectivity index (χ3n) is 2.55. The van der Waals surface area contributed by atoms with E-state index in [2.05, 4.69) is 21.4 Å². The molecule has 1 unspecified atom stereocenters. The van der Waals surface area contributed by atoms with E-state index in [1.807, 2.05) is 48.5 Å². The first kappa shape index (κ1) is 12.6. The van der Waals surface area contributed by atoms with Crippen LogP contribution in [0, 0.1) is 0 Å². The maximum atomic E-state index is 5.87. The largest absolute Gasteiger partial charge is 0.271 e. The molecule has 0 heterocycles. The fourth-order valence-corrected chi connectivity index (χ4v) is 2.27. The SMILES string of the molecule is NNC(c1ccc(Cl)cc1)c1cccc(Br)c1. The van der Waals surface area contributed by atoms with Crippen molar-refractivity contribution in [2.75, 3.05) is 0 Å². The van der Waals surface area contributed by atoms with Crippen molar-refractivity contribution in [2.45, 2.75) is 6.04 Å². The van der Waals surface area contributed by atoms with Crippen LogP contribution in [0.4, 0.5) is 0 Å². The van der Waals surface area contributed by atoms with Crippen LogP contribution in [0.1, 0.15) is 17.2 Å². The highest BCUT2D eigenvalue weighted by molar-refractivity contribution is 9.10. The molecular weight excluding hydrogens is 300 g/mol. The van der Waals surface area contributed by atoms with Gasteiger partial charge in [0.1, 0.15) is 0 Å². The lowest BCUT2D eigenvalue weighted by Gasteiger charge is -2.17. The molecule has 2 aromatic carbocycles. The second-order valence-electron chi connectivity index (χ2n) is 3.71. The molecule has 0 aliphatic carbocycles. The van der Waals surface area contributed by atoms with Gasteiger partial charge in [-0.3, -0.25) is 5.84 Å². The monoisotopic (exact) mass is 310 g/mol. The summed E-state index contributed by atoms with van der Waals surface area (Å²) in [5.74, 6) is 5.63. The molecule has 2 nitrogen and oxygen atoms in total. The van der Waals surface area contributed by atoms with Gasteiger partial charge in [0.25, 0.3) is 0 Å². The summed E-state index contributed by atoms with van der Waals surface area (Å²) >= 11 is 9.33. The van der Waals surface area contributed by atoms with Gasteiger partial charge in [0.15, 0.2) is 0 Å². The normalized spacial score (nSPS) is 12.4. The van der Waals surface area contributed by atoms with Crippen molar-refractivity contribution in [3.8, 4) is 0 Å². The predicted molar refractivity (Wildman–Crippen MR) is 74.8 cm³/mol. The molecule has 4 heteroatoms. The zero-order valence-corrected chi connectivity index (χ0v) is 11.4. The van der Waals surface area contributed by atoms with E-state index in [0.29, 0.717) is 0 Å². The number of nitrogens with one attached hydrogen (secondary N) is 1. The summed E-state index contributed by atoms with van der Waals surface area (Å²) in [6.07, 6.45) is 0. The Hall–Kier alpha value is -0.870. The van der Waals surface area contributed by atoms with E-state index in [1.54, 1.807) is 0 Å². The zero-order valence-electron chi connectivity index (χ0n) is 9.03. The van der Waals surface area contributed by atoms with Gasteiger partial charge >= 0.3 is 0 Å². The van der Waals surface area contributed by atoms with Crippen LogP contribution in [0.25, 0.3) is 0 Å². The van der Waals surface area contributed by atoms with Gasteiger partial charge in [0, 0.05) is 9.50 Å². The van der Waals surface area contributed by atoms with Crippen LogP contribution in [-0.2, 0) is 0 Å². The standard InChI is InChI=1S/C13H12BrClN2/c14-11-3-1-2-10(8-11)13(17-16)9-4-6-12(15)7-5-9/h1-8,13,17H,16H2. The minimum absolute atomic E-state index is 0.0373. The average Bonchev–Trinajstić information content (AvgIpc) is 2.33. The number of hydrazine groups is 1. The number of halogens is 2. The first-order valence-electron chi connectivity index (χ1n) is 5.18. The van der Waals surface area contributed by atoms with E-state index in [1.165, 1.54) is 0 Å². The molecular formula is C13H12BrClN2. The fraction of sp³-hybridized carbons (Fsp3) is 0.0769. The smallest absolute Gasteiger partial charge is 0.0710 e. The number of nitrogens with two attached hydrogens (primary N) is 1. The second kappa shape index (κ2) is 5.65. The molecule has 2 rings (SSSR count). The Labute approximate surface area is 114 Å². The molecule has 3 N–H and O–H groups in total. The highest BCUT2D eigenvalue weighted by atomic mass is 79.9. The molecule has 0 radical (unpaired) electrons. The van der Waals surface area contributed by atoms with Crippen molar-refractivity contribution in [3.05, 3.63) is 69.2 Å². The van der Waals surface area contributed by atoms with Gasteiger partial charge in [-0.25, -0.2) is 5.43 Å². The highest BCUT2D eigenvalue weighted by Gasteiger charge is 2.12. The van der Waals surface area contributed by atoms with Crippen molar-refractivity contribution in [3.63, 3.8) is 0 Å². The lowest BCUT2D eigenvalue weighted by Crippen LogP contribution is -2.28. The third-order valence-corrected chi connectivity index (χ3v) is 3.30. The van der Waals surface area contributed by atoms with Crippen molar-refractivity contribution in [1.29, 1.82) is 0 Å². The molecule has 0 bridgehead atoms. The fourth-order valence-electron chi connectivity index (χ4n) is 1.73. The summed E-state index contributed by atoms with van der Waals surface area (Å²) < 4.78 is 1.03. The van der Waals surface area contributed by atoms with Crippen LogP contribution in [0.15, 0.2) is 53.0 Å². The van der Waals surface area contributed by atoms with Gasteiger partial charge in [-0.1, -0.05) is 51.8 Å². The molecule has 1 atom stereocenters. The first-order chi connectivity index (χ1) is 8.20. The topological polar surface area (TPSA) is 38.0 Å². The van der Waals surface area contributed by atoms with E-state index in [4.69, 9.17) is 17.4 Å². The Kier molecular flexibility index (Phi) is 4.18. The van der Waals surface area contributed by atoms with E-state index in [9.17, 15) is 0 Å². The van der Waals surface area contributed by atoms with Gasteiger partial charge in [-0.2, -0.15) is 0 Å². The Bertz CT molecular complexity index is 499. The predicted octanol–water partition coefficient (Wildman–Crippen LogP) is 3.66. The summed E-state index contributed by atoms with van der Waals surface area (Å²) in [5, 5.41) is 0.721. The Morgan fingerprint density at radius 1 is 1.06 bits per heavy atom. The summed E-state index contributed by atoms with van der Waals surface area (Å²) in [7, 11) is 0. The van der Waals surface area contributed by atoms with Crippen LogP contribution in [0.3, 0.4) is 0 Å². The third kappa shape index (κ3) is 3.07. The number of hydrogen-bond acceptors (Lipinski definition) is 2. The molecule has 17 heavy (non-hydrogen) atoms. The molecule has 0 spiro atoms. The average molecular weight is 312 g/mol. The van der Waals surface area contributed by atoms with Crippen LogP contribution < -0.4 is 11.3 Å². The number of rotatable bonds is 3. The Morgan fingerprint density at radius 2 is 1.76 bits per heavy atom. The minimum atomic E-state index is -0.0373. The Morgan fingerprint density at radius 3 is 2.35 bits per heavy atom. The summed E-state index contributed by atoms with van der Waals surface area (Å²) in [5.41, 5.74) is 5.00. The van der Waals surface area contributed by atoms with Gasteiger partial charge in [-0.15, -0.1) is 0 Å². The maximum absolute atomic E-state index is 5.87. The quantitative estimate of drug-likeness (QED) is 0.670. The van der Waals surface area contributed by atoms with E-state index < -0.39 is 0 Å². The van der Waals surface area contributed by atoms with Gasteiger partial charge in [0.2, 0.25) is 0 Å². The molecule has 2 aromatic rings. The number of benzene rings is 2. The minimum Gasteiger partial charge on any atom is -0.271 e. The summed E-state index contributed by atoms with van der Waals surface area (Å²) in [6, 6.07) is 15.7. The molecule has 88 valence electrons.